The minimum Gasteiger partial charge on any atom is -0.481 e. The summed E-state index contributed by atoms with van der Waals surface area (Å²) in [6.07, 6.45) is 3.00. The second-order valence-corrected chi connectivity index (χ2v) is 5.68. The third-order valence-corrected chi connectivity index (χ3v) is 4.88. The van der Waals surface area contributed by atoms with Crippen molar-refractivity contribution in [3.05, 3.63) is 21.9 Å². The Balaban J connectivity index is 1.72. The maximum Gasteiger partial charge on any atom is 0.308 e. The van der Waals surface area contributed by atoms with Crippen LogP contribution >= 0.6 is 11.3 Å². The van der Waals surface area contributed by atoms with Crippen molar-refractivity contribution in [1.29, 1.82) is 0 Å². The van der Waals surface area contributed by atoms with Gasteiger partial charge in [0.2, 0.25) is 0 Å². The molecule has 1 fully saturated rings. The van der Waals surface area contributed by atoms with E-state index < -0.39 is 5.97 Å². The van der Waals surface area contributed by atoms with E-state index in [0.29, 0.717) is 0 Å². The highest BCUT2D eigenvalue weighted by molar-refractivity contribution is 7.10. The molecular weight excluding hydrogens is 222 g/mol. The van der Waals surface area contributed by atoms with Crippen LogP contribution in [0.2, 0.25) is 0 Å². The van der Waals surface area contributed by atoms with Gasteiger partial charge in [0.25, 0.3) is 0 Å². The van der Waals surface area contributed by atoms with Crippen molar-refractivity contribution in [2.24, 2.45) is 5.92 Å². The van der Waals surface area contributed by atoms with Gasteiger partial charge in [-0.15, -0.1) is 11.3 Å². The first-order valence-corrected chi connectivity index (χ1v) is 6.66. The molecule has 1 aromatic rings. The average Bonchev–Trinajstić information content (AvgIpc) is 2.61. The number of carboxylic acid groups (broad SMARTS) is 1. The minimum atomic E-state index is -0.618. The lowest BCUT2D eigenvalue weighted by molar-refractivity contribution is -0.149. The molecule has 1 saturated carbocycles. The van der Waals surface area contributed by atoms with Crippen molar-refractivity contribution in [2.75, 3.05) is 6.54 Å². The molecule has 2 atom stereocenters. The maximum atomic E-state index is 11.0. The molecule has 0 aromatic carbocycles. The van der Waals surface area contributed by atoms with Gasteiger partial charge in [0, 0.05) is 24.0 Å². The van der Waals surface area contributed by atoms with Crippen molar-refractivity contribution in [1.82, 2.24) is 4.90 Å². The van der Waals surface area contributed by atoms with E-state index in [1.807, 2.05) is 11.3 Å². The number of hydrogen-bond acceptors (Lipinski definition) is 3. The Morgan fingerprint density at radius 3 is 3.06 bits per heavy atom. The fourth-order valence-electron chi connectivity index (χ4n) is 2.76. The zero-order valence-corrected chi connectivity index (χ0v) is 9.87. The molecule has 4 heteroatoms. The first kappa shape index (κ1) is 10.3. The van der Waals surface area contributed by atoms with Gasteiger partial charge in [-0.05, 0) is 36.3 Å². The summed E-state index contributed by atoms with van der Waals surface area (Å²) in [4.78, 5) is 14.9. The van der Waals surface area contributed by atoms with Crippen LogP contribution in [0.4, 0.5) is 0 Å². The highest BCUT2D eigenvalue weighted by Crippen LogP contribution is 2.36. The number of hydrogen-bond donors (Lipinski definition) is 1. The first-order valence-electron chi connectivity index (χ1n) is 5.78. The van der Waals surface area contributed by atoms with Crippen LogP contribution in [0.5, 0.6) is 0 Å². The summed E-state index contributed by atoms with van der Waals surface area (Å²) in [5.41, 5.74) is 1.41. The van der Waals surface area contributed by atoms with Gasteiger partial charge >= 0.3 is 5.97 Å². The molecule has 1 aromatic heterocycles. The van der Waals surface area contributed by atoms with E-state index in [9.17, 15) is 4.79 Å². The normalized spacial score (nSPS) is 29.5. The van der Waals surface area contributed by atoms with E-state index in [0.717, 1.165) is 32.4 Å². The predicted octanol–water partition coefficient (Wildman–Crippen LogP) is 1.97. The lowest BCUT2D eigenvalue weighted by atomic mass is 9.78. The van der Waals surface area contributed by atoms with E-state index in [1.165, 1.54) is 10.4 Å². The Hall–Kier alpha value is -0.870. The van der Waals surface area contributed by atoms with Gasteiger partial charge in [-0.25, -0.2) is 0 Å². The van der Waals surface area contributed by atoms with Crippen molar-refractivity contribution < 1.29 is 9.90 Å². The largest absolute Gasteiger partial charge is 0.481 e. The maximum absolute atomic E-state index is 11.0. The summed E-state index contributed by atoms with van der Waals surface area (Å²) < 4.78 is 0. The van der Waals surface area contributed by atoms with Gasteiger partial charge in [0.05, 0.1) is 5.92 Å². The molecule has 2 aliphatic rings. The number of carboxylic acids is 1. The van der Waals surface area contributed by atoms with E-state index >= 15 is 0 Å². The zero-order chi connectivity index (χ0) is 11.1. The van der Waals surface area contributed by atoms with Crippen LogP contribution in [0, 0.1) is 5.92 Å². The Bertz CT molecular complexity index is 415. The van der Waals surface area contributed by atoms with E-state index in [4.69, 9.17) is 5.11 Å². The summed E-state index contributed by atoms with van der Waals surface area (Å²) >= 11 is 1.83. The summed E-state index contributed by atoms with van der Waals surface area (Å²) in [5, 5.41) is 11.2. The fraction of sp³-hybridized carbons (Fsp3) is 0.583. The summed E-state index contributed by atoms with van der Waals surface area (Å²) in [5.74, 6) is -0.743. The summed E-state index contributed by atoms with van der Waals surface area (Å²) in [6, 6.07) is 2.46. The van der Waals surface area contributed by atoms with Gasteiger partial charge in [0.1, 0.15) is 0 Å². The molecule has 0 amide bonds. The lowest BCUT2D eigenvalue weighted by Gasteiger charge is -2.43. The highest BCUT2D eigenvalue weighted by atomic mass is 32.1. The zero-order valence-electron chi connectivity index (χ0n) is 9.06. The first-order chi connectivity index (χ1) is 7.75. The topological polar surface area (TPSA) is 40.5 Å². The molecule has 3 rings (SSSR count). The van der Waals surface area contributed by atoms with Crippen molar-refractivity contribution >= 4 is 17.3 Å². The number of rotatable bonds is 2. The molecule has 0 radical (unpaired) electrons. The molecule has 1 aliphatic heterocycles. The molecule has 0 saturated heterocycles. The Kier molecular flexibility index (Phi) is 2.48. The van der Waals surface area contributed by atoms with Crippen LogP contribution in [-0.2, 0) is 17.8 Å². The van der Waals surface area contributed by atoms with Crippen LogP contribution < -0.4 is 0 Å². The molecule has 2 heterocycles. The van der Waals surface area contributed by atoms with Gasteiger partial charge in [-0.1, -0.05) is 0 Å². The number of fused-ring (bicyclic) bond motifs is 1. The molecule has 3 nitrogen and oxygen atoms in total. The average molecular weight is 237 g/mol. The number of carbonyl (C=O) groups is 1. The van der Waals surface area contributed by atoms with E-state index in [1.54, 1.807) is 0 Å². The van der Waals surface area contributed by atoms with Crippen LogP contribution in [0.15, 0.2) is 11.4 Å². The number of nitrogens with zero attached hydrogens (tertiary/aromatic N) is 1. The fourth-order valence-corrected chi connectivity index (χ4v) is 3.65. The van der Waals surface area contributed by atoms with Gasteiger partial charge in [-0.3, -0.25) is 9.69 Å². The number of aliphatic carboxylic acids is 1. The molecule has 16 heavy (non-hydrogen) atoms. The van der Waals surface area contributed by atoms with Crippen molar-refractivity contribution in [3.63, 3.8) is 0 Å². The molecule has 0 bridgehead atoms. The van der Waals surface area contributed by atoms with Gasteiger partial charge < -0.3 is 5.11 Å². The SMILES string of the molecule is O=C(O)C1CCC1N1CCc2sccc2C1. The van der Waals surface area contributed by atoms with E-state index in [-0.39, 0.29) is 12.0 Å². The second kappa shape index (κ2) is 3.86. The molecule has 86 valence electrons. The van der Waals surface area contributed by atoms with Crippen LogP contribution in [-0.4, -0.2) is 28.6 Å². The highest BCUT2D eigenvalue weighted by Gasteiger charge is 2.41. The number of thiophene rings is 1. The van der Waals surface area contributed by atoms with Crippen molar-refractivity contribution in [3.8, 4) is 0 Å². The molecule has 1 N–H and O–H groups in total. The van der Waals surface area contributed by atoms with Crippen LogP contribution in [0.3, 0.4) is 0 Å². The Morgan fingerprint density at radius 2 is 2.38 bits per heavy atom. The Morgan fingerprint density at radius 1 is 1.50 bits per heavy atom. The monoisotopic (exact) mass is 237 g/mol. The standard InChI is InChI=1S/C12H15NO2S/c14-12(15)9-1-2-10(9)13-5-3-11-8(7-13)4-6-16-11/h4,6,9-10H,1-3,5,7H2,(H,14,15). The molecular formula is C12H15NO2S. The predicted molar refractivity (Wildman–Crippen MR) is 62.6 cm³/mol. The van der Waals surface area contributed by atoms with Crippen LogP contribution in [0.1, 0.15) is 23.3 Å². The second-order valence-electron chi connectivity index (χ2n) is 4.68. The summed E-state index contributed by atoms with van der Waals surface area (Å²) in [7, 11) is 0. The third-order valence-electron chi connectivity index (χ3n) is 3.86. The van der Waals surface area contributed by atoms with Crippen LogP contribution in [0.25, 0.3) is 0 Å². The lowest BCUT2D eigenvalue weighted by Crippen LogP contribution is -2.51. The Labute approximate surface area is 98.7 Å². The minimum absolute atomic E-state index is 0.125. The van der Waals surface area contributed by atoms with E-state index in [2.05, 4.69) is 16.3 Å². The quantitative estimate of drug-likeness (QED) is 0.855. The molecule has 2 unspecified atom stereocenters. The smallest absolute Gasteiger partial charge is 0.308 e. The van der Waals surface area contributed by atoms with Gasteiger partial charge in [-0.2, -0.15) is 0 Å². The third kappa shape index (κ3) is 1.57. The van der Waals surface area contributed by atoms with Gasteiger partial charge in [0.15, 0.2) is 0 Å². The molecule has 0 spiro atoms. The molecule has 1 aliphatic carbocycles. The summed E-state index contributed by atoms with van der Waals surface area (Å²) in [6.45, 7) is 1.98. The van der Waals surface area contributed by atoms with Crippen molar-refractivity contribution in [2.45, 2.75) is 31.8 Å².